The maximum Gasteiger partial charge on any atom is 0.154 e. The normalized spacial score (nSPS) is 23.9. The fourth-order valence-corrected chi connectivity index (χ4v) is 4.58. The predicted octanol–water partition coefficient (Wildman–Crippen LogP) is 0.835. The Balaban J connectivity index is 1.82. The van der Waals surface area contributed by atoms with Crippen molar-refractivity contribution in [3.63, 3.8) is 0 Å². The van der Waals surface area contributed by atoms with Crippen LogP contribution >= 0.6 is 0 Å². The number of sulfone groups is 1. The van der Waals surface area contributed by atoms with Gasteiger partial charge in [0.05, 0.1) is 42.2 Å². The van der Waals surface area contributed by atoms with Gasteiger partial charge in [-0.3, -0.25) is 9.88 Å². The van der Waals surface area contributed by atoms with E-state index in [4.69, 9.17) is 4.42 Å². The van der Waals surface area contributed by atoms with E-state index in [9.17, 15) is 13.5 Å². The number of aliphatic hydroxyl groups excluding tert-OH is 1. The molecule has 2 aromatic heterocycles. The Morgan fingerprint density at radius 2 is 2.09 bits per heavy atom. The summed E-state index contributed by atoms with van der Waals surface area (Å²) in [5.41, 5.74) is 0.825. The van der Waals surface area contributed by atoms with Crippen LogP contribution in [0.2, 0.25) is 0 Å². The van der Waals surface area contributed by atoms with Crippen molar-refractivity contribution in [2.24, 2.45) is 0 Å². The Kier molecular flexibility index (Phi) is 4.28. The molecule has 3 rings (SSSR count). The van der Waals surface area contributed by atoms with Crippen LogP contribution < -0.4 is 0 Å². The predicted molar refractivity (Wildman–Crippen MR) is 80.6 cm³/mol. The Bertz CT molecular complexity index is 700. The molecule has 2 aromatic rings. The van der Waals surface area contributed by atoms with Crippen LogP contribution in [0, 0.1) is 0 Å². The van der Waals surface area contributed by atoms with Crippen molar-refractivity contribution in [1.29, 1.82) is 0 Å². The van der Waals surface area contributed by atoms with Crippen molar-refractivity contribution in [2.75, 3.05) is 11.5 Å². The summed E-state index contributed by atoms with van der Waals surface area (Å²) >= 11 is 0. The molecule has 0 aromatic carbocycles. The quantitative estimate of drug-likeness (QED) is 0.878. The van der Waals surface area contributed by atoms with Crippen LogP contribution in [0.3, 0.4) is 0 Å². The fraction of sp³-hybridized carbons (Fsp3) is 0.400. The van der Waals surface area contributed by atoms with E-state index in [2.05, 4.69) is 4.98 Å². The van der Waals surface area contributed by atoms with E-state index >= 15 is 0 Å². The molecule has 1 N–H and O–H groups in total. The van der Waals surface area contributed by atoms with Crippen LogP contribution in [0.4, 0.5) is 0 Å². The van der Waals surface area contributed by atoms with Crippen molar-refractivity contribution in [3.8, 4) is 0 Å². The number of rotatable bonds is 5. The summed E-state index contributed by atoms with van der Waals surface area (Å²) in [4.78, 5) is 6.19. The molecule has 0 bridgehead atoms. The zero-order valence-corrected chi connectivity index (χ0v) is 12.8. The minimum atomic E-state index is -3.20. The standard InChI is InChI=1S/C15H18N2O4S/c18-15-11-22(19,20)10-14(15)17(9-13-5-3-7-21-13)8-12-4-1-2-6-16-12/h1-7,14-15,18H,8-11H2/t14-,15+/m1/s1. The first-order chi connectivity index (χ1) is 10.5. The van der Waals surface area contributed by atoms with E-state index in [-0.39, 0.29) is 11.5 Å². The lowest BCUT2D eigenvalue weighted by Crippen LogP contribution is -2.42. The number of aromatic nitrogens is 1. The number of furan rings is 1. The lowest BCUT2D eigenvalue weighted by Gasteiger charge is -2.29. The van der Waals surface area contributed by atoms with Crippen LogP contribution in [-0.4, -0.2) is 47.1 Å². The number of hydrogen-bond donors (Lipinski definition) is 1. The summed E-state index contributed by atoms with van der Waals surface area (Å²) in [5, 5.41) is 10.1. The largest absolute Gasteiger partial charge is 0.468 e. The van der Waals surface area contributed by atoms with Crippen LogP contribution in [0.5, 0.6) is 0 Å². The third-order valence-corrected chi connectivity index (χ3v) is 5.49. The molecule has 6 nitrogen and oxygen atoms in total. The SMILES string of the molecule is O=S1(=O)C[C@@H](N(Cc2ccccn2)Cc2ccco2)[C@@H](O)C1. The maximum absolute atomic E-state index is 11.8. The Labute approximate surface area is 129 Å². The van der Waals surface area contributed by atoms with Crippen LogP contribution in [-0.2, 0) is 22.9 Å². The van der Waals surface area contributed by atoms with Gasteiger partial charge in [0.1, 0.15) is 5.76 Å². The van der Waals surface area contributed by atoms with E-state index < -0.39 is 22.0 Å². The minimum absolute atomic E-state index is 0.0400. The van der Waals surface area contributed by atoms with E-state index in [1.807, 2.05) is 29.2 Å². The van der Waals surface area contributed by atoms with Gasteiger partial charge in [-0.1, -0.05) is 6.07 Å². The first-order valence-electron chi connectivity index (χ1n) is 7.08. The van der Waals surface area contributed by atoms with E-state index in [1.54, 1.807) is 18.5 Å². The molecule has 22 heavy (non-hydrogen) atoms. The molecular weight excluding hydrogens is 304 g/mol. The van der Waals surface area contributed by atoms with Crippen molar-refractivity contribution in [3.05, 3.63) is 54.2 Å². The topological polar surface area (TPSA) is 83.6 Å². The average molecular weight is 322 g/mol. The van der Waals surface area contributed by atoms with E-state index in [1.165, 1.54) is 0 Å². The summed E-state index contributed by atoms with van der Waals surface area (Å²) in [6.45, 7) is 0.888. The van der Waals surface area contributed by atoms with Crippen molar-refractivity contribution >= 4 is 9.84 Å². The van der Waals surface area contributed by atoms with Gasteiger partial charge in [-0.05, 0) is 24.3 Å². The molecule has 0 unspecified atom stereocenters. The smallest absolute Gasteiger partial charge is 0.154 e. The molecule has 2 atom stereocenters. The highest BCUT2D eigenvalue weighted by molar-refractivity contribution is 7.91. The summed E-state index contributed by atoms with van der Waals surface area (Å²) in [5.74, 6) is 0.503. The molecule has 1 aliphatic rings. The van der Waals surface area contributed by atoms with Gasteiger partial charge in [0.15, 0.2) is 9.84 Å². The number of aliphatic hydroxyl groups is 1. The Hall–Kier alpha value is -1.70. The molecule has 7 heteroatoms. The minimum Gasteiger partial charge on any atom is -0.468 e. The molecule has 3 heterocycles. The Morgan fingerprint density at radius 1 is 1.23 bits per heavy atom. The second-order valence-corrected chi connectivity index (χ2v) is 7.67. The highest BCUT2D eigenvalue weighted by Crippen LogP contribution is 2.22. The van der Waals surface area contributed by atoms with Crippen molar-refractivity contribution in [1.82, 2.24) is 9.88 Å². The third-order valence-electron chi connectivity index (χ3n) is 3.79. The highest BCUT2D eigenvalue weighted by atomic mass is 32.2. The van der Waals surface area contributed by atoms with Crippen molar-refractivity contribution < 1.29 is 17.9 Å². The zero-order chi connectivity index (χ0) is 15.6. The molecule has 0 aliphatic carbocycles. The lowest BCUT2D eigenvalue weighted by molar-refractivity contribution is 0.0678. The van der Waals surface area contributed by atoms with Crippen LogP contribution in [0.1, 0.15) is 11.5 Å². The van der Waals surface area contributed by atoms with Gasteiger partial charge in [-0.15, -0.1) is 0 Å². The summed E-state index contributed by atoms with van der Waals surface area (Å²) in [6, 6.07) is 8.77. The first-order valence-corrected chi connectivity index (χ1v) is 8.90. The molecule has 0 spiro atoms. The van der Waals surface area contributed by atoms with Gasteiger partial charge >= 0.3 is 0 Å². The average Bonchev–Trinajstić information content (AvgIpc) is 3.06. The number of pyridine rings is 1. The fourth-order valence-electron chi connectivity index (χ4n) is 2.75. The Morgan fingerprint density at radius 3 is 2.68 bits per heavy atom. The zero-order valence-electron chi connectivity index (χ0n) is 12.0. The van der Waals surface area contributed by atoms with Crippen LogP contribution in [0.15, 0.2) is 47.2 Å². The molecule has 1 fully saturated rings. The van der Waals surface area contributed by atoms with Gasteiger partial charge < -0.3 is 9.52 Å². The third kappa shape index (κ3) is 3.55. The lowest BCUT2D eigenvalue weighted by atomic mass is 10.1. The molecule has 0 saturated carbocycles. The van der Waals surface area contributed by atoms with Gasteiger partial charge in [-0.25, -0.2) is 8.42 Å². The number of nitrogens with zero attached hydrogens (tertiary/aromatic N) is 2. The monoisotopic (exact) mass is 322 g/mol. The molecule has 0 radical (unpaired) electrons. The van der Waals surface area contributed by atoms with Gasteiger partial charge in [0.25, 0.3) is 0 Å². The molecule has 0 amide bonds. The summed E-state index contributed by atoms with van der Waals surface area (Å²) < 4.78 is 28.9. The second-order valence-electron chi connectivity index (χ2n) is 5.52. The summed E-state index contributed by atoms with van der Waals surface area (Å²) in [7, 11) is -3.20. The second kappa shape index (κ2) is 6.20. The maximum atomic E-state index is 11.8. The first kappa shape index (κ1) is 15.2. The van der Waals surface area contributed by atoms with Crippen LogP contribution in [0.25, 0.3) is 0 Å². The molecule has 118 valence electrons. The van der Waals surface area contributed by atoms with E-state index in [0.717, 1.165) is 11.5 Å². The highest BCUT2D eigenvalue weighted by Gasteiger charge is 2.40. The van der Waals surface area contributed by atoms with Gasteiger partial charge in [0.2, 0.25) is 0 Å². The van der Waals surface area contributed by atoms with E-state index in [0.29, 0.717) is 13.1 Å². The molecule has 1 saturated heterocycles. The number of hydrogen-bond acceptors (Lipinski definition) is 6. The molecule has 1 aliphatic heterocycles. The van der Waals surface area contributed by atoms with Crippen molar-refractivity contribution in [2.45, 2.75) is 25.2 Å². The van der Waals surface area contributed by atoms with Gasteiger partial charge in [0, 0.05) is 12.7 Å². The summed E-state index contributed by atoms with van der Waals surface area (Å²) in [6.07, 6.45) is 2.39. The van der Waals surface area contributed by atoms with Gasteiger partial charge in [-0.2, -0.15) is 0 Å². The molecular formula is C15H18N2O4S.